The molecule has 2 heterocycles. The predicted molar refractivity (Wildman–Crippen MR) is 129 cm³/mol. The van der Waals surface area contributed by atoms with E-state index in [1.165, 1.54) is 0 Å². The van der Waals surface area contributed by atoms with Gasteiger partial charge in [-0.05, 0) is 43.5 Å². The molecule has 0 radical (unpaired) electrons. The number of nitrogens with one attached hydrogen (secondary N) is 1. The minimum absolute atomic E-state index is 0.0967. The van der Waals surface area contributed by atoms with Crippen molar-refractivity contribution < 1.29 is 9.53 Å². The van der Waals surface area contributed by atoms with Crippen LogP contribution in [0, 0.1) is 0 Å². The van der Waals surface area contributed by atoms with Crippen LogP contribution in [0.1, 0.15) is 47.8 Å². The van der Waals surface area contributed by atoms with Crippen LogP contribution < -0.4 is 0 Å². The lowest BCUT2D eigenvalue weighted by molar-refractivity contribution is 0.0605. The predicted octanol–water partition coefficient (Wildman–Crippen LogP) is 6.20. The zero-order valence-electron chi connectivity index (χ0n) is 18.5. The molecule has 4 nitrogen and oxygen atoms in total. The van der Waals surface area contributed by atoms with E-state index in [1.54, 1.807) is 0 Å². The summed E-state index contributed by atoms with van der Waals surface area (Å²) >= 11 is 0. The van der Waals surface area contributed by atoms with Gasteiger partial charge in [0.1, 0.15) is 0 Å². The summed E-state index contributed by atoms with van der Waals surface area (Å²) in [6, 6.07) is 26.6. The van der Waals surface area contributed by atoms with Gasteiger partial charge >= 0.3 is 0 Å². The number of aromatic amines is 1. The number of fused-ring (bicyclic) bond motifs is 2. The standard InChI is InChI=1S/C28H28N2O2/c1-19(2)32-18-10-17-30-27(21-13-6-7-14-22(21)28(30)31)25-23-15-8-9-16-24(23)29-26(25)20-11-4-3-5-12-20/h3-9,11-16,19,27,29H,10,17-18H2,1-2H3. The number of ether oxygens (including phenoxy) is 1. The number of aromatic nitrogens is 1. The Morgan fingerprint density at radius 3 is 2.47 bits per heavy atom. The van der Waals surface area contributed by atoms with E-state index in [4.69, 9.17) is 4.74 Å². The normalized spacial score (nSPS) is 15.7. The quantitative estimate of drug-likeness (QED) is 0.359. The number of H-pyrrole nitrogens is 1. The summed E-state index contributed by atoms with van der Waals surface area (Å²) in [5.74, 6) is 0.0967. The van der Waals surface area contributed by atoms with Crippen molar-refractivity contribution in [3.63, 3.8) is 0 Å². The molecule has 1 aliphatic heterocycles. The number of carbonyl (C=O) groups is 1. The molecule has 4 aromatic rings. The van der Waals surface area contributed by atoms with Crippen LogP contribution in [-0.4, -0.2) is 35.0 Å². The van der Waals surface area contributed by atoms with E-state index in [-0.39, 0.29) is 18.1 Å². The molecule has 1 unspecified atom stereocenters. The number of carbonyl (C=O) groups excluding carboxylic acids is 1. The molecule has 1 amide bonds. The molecule has 32 heavy (non-hydrogen) atoms. The Morgan fingerprint density at radius 2 is 1.66 bits per heavy atom. The summed E-state index contributed by atoms with van der Waals surface area (Å²) in [7, 11) is 0. The number of para-hydroxylation sites is 1. The lowest BCUT2D eigenvalue weighted by Crippen LogP contribution is -2.30. The highest BCUT2D eigenvalue weighted by atomic mass is 16.5. The molecule has 0 saturated heterocycles. The highest BCUT2D eigenvalue weighted by Crippen LogP contribution is 2.45. The summed E-state index contributed by atoms with van der Waals surface area (Å²) < 4.78 is 5.76. The molecule has 1 atom stereocenters. The SMILES string of the molecule is CC(C)OCCCN1C(=O)c2ccccc2C1c1c(-c2ccccc2)[nH]c2ccccc12. The Bertz CT molecular complexity index is 1240. The summed E-state index contributed by atoms with van der Waals surface area (Å²) in [4.78, 5) is 19.2. The van der Waals surface area contributed by atoms with Gasteiger partial charge < -0.3 is 14.6 Å². The zero-order valence-corrected chi connectivity index (χ0v) is 18.5. The topological polar surface area (TPSA) is 45.3 Å². The molecule has 0 saturated carbocycles. The number of amides is 1. The molecule has 0 aliphatic carbocycles. The van der Waals surface area contributed by atoms with E-state index in [2.05, 4.69) is 53.5 Å². The summed E-state index contributed by atoms with van der Waals surface area (Å²) in [5.41, 5.74) is 6.32. The molecule has 0 spiro atoms. The van der Waals surface area contributed by atoms with Gasteiger partial charge in [-0.3, -0.25) is 4.79 Å². The van der Waals surface area contributed by atoms with Crippen LogP contribution in [0.25, 0.3) is 22.2 Å². The fraction of sp³-hybridized carbons (Fsp3) is 0.250. The fourth-order valence-corrected chi connectivity index (χ4v) is 4.75. The van der Waals surface area contributed by atoms with Crippen LogP contribution in [0.15, 0.2) is 78.9 Å². The molecule has 1 N–H and O–H groups in total. The molecular formula is C28H28N2O2. The first kappa shape index (κ1) is 20.5. The Labute approximate surface area is 188 Å². The Kier molecular flexibility index (Phi) is 5.54. The summed E-state index contributed by atoms with van der Waals surface area (Å²) in [6.45, 7) is 5.37. The number of hydrogen-bond acceptors (Lipinski definition) is 2. The van der Waals surface area contributed by atoms with Crippen molar-refractivity contribution in [1.82, 2.24) is 9.88 Å². The van der Waals surface area contributed by atoms with Crippen molar-refractivity contribution in [2.45, 2.75) is 32.4 Å². The lowest BCUT2D eigenvalue weighted by Gasteiger charge is -2.27. The van der Waals surface area contributed by atoms with Gasteiger partial charge in [0, 0.05) is 35.2 Å². The van der Waals surface area contributed by atoms with E-state index in [1.807, 2.05) is 49.1 Å². The molecule has 0 bridgehead atoms. The number of benzene rings is 3. The van der Waals surface area contributed by atoms with Crippen LogP contribution in [-0.2, 0) is 4.74 Å². The Morgan fingerprint density at radius 1 is 0.938 bits per heavy atom. The first-order valence-electron chi connectivity index (χ1n) is 11.3. The van der Waals surface area contributed by atoms with Crippen molar-refractivity contribution in [3.8, 4) is 11.3 Å². The third kappa shape index (κ3) is 3.61. The minimum atomic E-state index is -0.135. The van der Waals surface area contributed by atoms with E-state index >= 15 is 0 Å². The van der Waals surface area contributed by atoms with Crippen molar-refractivity contribution in [1.29, 1.82) is 0 Å². The second kappa shape index (κ2) is 8.64. The van der Waals surface area contributed by atoms with Gasteiger partial charge in [-0.1, -0.05) is 66.7 Å². The molecule has 4 heteroatoms. The fourth-order valence-electron chi connectivity index (χ4n) is 4.75. The monoisotopic (exact) mass is 424 g/mol. The molecule has 3 aromatic carbocycles. The molecule has 1 aromatic heterocycles. The van der Waals surface area contributed by atoms with Gasteiger partial charge in [0.15, 0.2) is 0 Å². The molecule has 162 valence electrons. The maximum Gasteiger partial charge on any atom is 0.255 e. The molecule has 5 rings (SSSR count). The number of nitrogens with zero attached hydrogens (tertiary/aromatic N) is 1. The summed E-state index contributed by atoms with van der Waals surface area (Å²) in [5, 5.41) is 1.16. The van der Waals surface area contributed by atoms with E-state index in [0.717, 1.165) is 45.3 Å². The zero-order chi connectivity index (χ0) is 22.1. The lowest BCUT2D eigenvalue weighted by atomic mass is 9.93. The third-order valence-corrected chi connectivity index (χ3v) is 6.14. The number of rotatable bonds is 7. The van der Waals surface area contributed by atoms with Gasteiger partial charge in [0.25, 0.3) is 5.91 Å². The Balaban J connectivity index is 1.65. The van der Waals surface area contributed by atoms with Gasteiger partial charge in [-0.25, -0.2) is 0 Å². The highest BCUT2D eigenvalue weighted by molar-refractivity contribution is 6.02. The van der Waals surface area contributed by atoms with Crippen LogP contribution in [0.2, 0.25) is 0 Å². The van der Waals surface area contributed by atoms with E-state index < -0.39 is 0 Å². The van der Waals surface area contributed by atoms with E-state index in [0.29, 0.717) is 13.2 Å². The average molecular weight is 425 g/mol. The average Bonchev–Trinajstić information content (AvgIpc) is 3.32. The van der Waals surface area contributed by atoms with Crippen LogP contribution in [0.4, 0.5) is 0 Å². The number of hydrogen-bond donors (Lipinski definition) is 1. The second-order valence-corrected chi connectivity index (χ2v) is 8.59. The minimum Gasteiger partial charge on any atom is -0.379 e. The van der Waals surface area contributed by atoms with Gasteiger partial charge in [0.05, 0.1) is 17.8 Å². The van der Waals surface area contributed by atoms with Crippen molar-refractivity contribution in [3.05, 3.63) is 95.6 Å². The van der Waals surface area contributed by atoms with Crippen molar-refractivity contribution >= 4 is 16.8 Å². The molecule has 1 aliphatic rings. The van der Waals surface area contributed by atoms with Gasteiger partial charge in [-0.15, -0.1) is 0 Å². The maximum absolute atomic E-state index is 13.5. The van der Waals surface area contributed by atoms with Gasteiger partial charge in [-0.2, -0.15) is 0 Å². The first-order chi connectivity index (χ1) is 15.6. The van der Waals surface area contributed by atoms with Crippen molar-refractivity contribution in [2.24, 2.45) is 0 Å². The third-order valence-electron chi connectivity index (χ3n) is 6.14. The molecule has 0 fully saturated rings. The first-order valence-corrected chi connectivity index (χ1v) is 11.3. The van der Waals surface area contributed by atoms with Crippen LogP contribution in [0.5, 0.6) is 0 Å². The molecular weight excluding hydrogens is 396 g/mol. The smallest absolute Gasteiger partial charge is 0.255 e. The summed E-state index contributed by atoms with van der Waals surface area (Å²) in [6.07, 6.45) is 0.993. The van der Waals surface area contributed by atoms with Crippen LogP contribution >= 0.6 is 0 Å². The second-order valence-electron chi connectivity index (χ2n) is 8.59. The van der Waals surface area contributed by atoms with Gasteiger partial charge in [0.2, 0.25) is 0 Å². The largest absolute Gasteiger partial charge is 0.379 e. The Hall–Kier alpha value is -3.37. The maximum atomic E-state index is 13.5. The highest BCUT2D eigenvalue weighted by Gasteiger charge is 2.39. The van der Waals surface area contributed by atoms with Crippen molar-refractivity contribution in [2.75, 3.05) is 13.2 Å². The van der Waals surface area contributed by atoms with E-state index in [9.17, 15) is 4.79 Å². The van der Waals surface area contributed by atoms with Crippen LogP contribution in [0.3, 0.4) is 0 Å².